The van der Waals surface area contributed by atoms with Crippen molar-refractivity contribution in [2.24, 2.45) is 11.8 Å². The molecule has 0 aliphatic carbocycles. The van der Waals surface area contributed by atoms with Crippen LogP contribution in [0.15, 0.2) is 0 Å². The smallest absolute Gasteiger partial charge is 0.247 e. The lowest BCUT2D eigenvalue weighted by Gasteiger charge is -2.17. The van der Waals surface area contributed by atoms with Crippen molar-refractivity contribution in [1.29, 1.82) is 0 Å². The van der Waals surface area contributed by atoms with Crippen molar-refractivity contribution in [3.63, 3.8) is 0 Å². The Bertz CT molecular complexity index is 287. The van der Waals surface area contributed by atoms with E-state index in [9.17, 15) is 9.59 Å². The summed E-state index contributed by atoms with van der Waals surface area (Å²) in [7, 11) is 0. The Morgan fingerprint density at radius 1 is 0.857 bits per heavy atom. The fourth-order valence-corrected chi connectivity index (χ4v) is 2.22. The van der Waals surface area contributed by atoms with Gasteiger partial charge in [-0.25, -0.2) is 19.4 Å². The third-order valence-corrected chi connectivity index (χ3v) is 3.68. The molecule has 0 radical (unpaired) electrons. The maximum absolute atomic E-state index is 12.0. The molecule has 0 aliphatic rings. The average Bonchev–Trinajstić information content (AvgIpc) is 2.45. The molecule has 0 saturated heterocycles. The maximum atomic E-state index is 12.0. The van der Waals surface area contributed by atoms with Crippen LogP contribution in [0.5, 0.6) is 0 Å². The highest BCUT2D eigenvalue weighted by atomic mass is 17.2. The minimum atomic E-state index is -0.449. The van der Waals surface area contributed by atoms with E-state index in [1.807, 2.05) is 13.8 Å². The van der Waals surface area contributed by atoms with Gasteiger partial charge in [-0.3, -0.25) is 0 Å². The van der Waals surface area contributed by atoms with E-state index in [2.05, 4.69) is 18.7 Å². The third kappa shape index (κ3) is 10.3. The van der Waals surface area contributed by atoms with Crippen molar-refractivity contribution in [1.82, 2.24) is 0 Å². The zero-order chi connectivity index (χ0) is 16.1. The number of unbranched alkanes of at least 4 members (excludes halogenated alkanes) is 5. The van der Waals surface area contributed by atoms with Crippen LogP contribution >= 0.6 is 0 Å². The van der Waals surface area contributed by atoms with E-state index in [1.165, 1.54) is 0 Å². The van der Waals surface area contributed by atoms with Gasteiger partial charge in [0.15, 0.2) is 0 Å². The first-order valence-corrected chi connectivity index (χ1v) is 8.44. The van der Waals surface area contributed by atoms with Crippen LogP contribution in [0.3, 0.4) is 0 Å². The largest absolute Gasteiger partial charge is 0.358 e. The highest BCUT2D eigenvalue weighted by molar-refractivity contribution is 5.74. The molecule has 0 saturated carbocycles. The summed E-state index contributed by atoms with van der Waals surface area (Å²) >= 11 is 0. The Hall–Kier alpha value is -1.06. The van der Waals surface area contributed by atoms with Crippen LogP contribution in [0.1, 0.15) is 85.5 Å². The van der Waals surface area contributed by atoms with Crippen LogP contribution in [0.4, 0.5) is 0 Å². The highest BCUT2D eigenvalue weighted by Crippen LogP contribution is 2.20. The number of carbonyl (C=O) groups excluding carboxylic acids is 2. The standard InChI is InChI=1S/C17H32O4/c1-5-7-9-11-13-16(18)20-21-17(19)15(14(3)4)12-10-8-6-2/h14-15H,5-13H2,1-4H3. The van der Waals surface area contributed by atoms with E-state index in [0.29, 0.717) is 6.42 Å². The fraction of sp³-hybridized carbons (Fsp3) is 0.882. The van der Waals surface area contributed by atoms with Crippen LogP contribution in [0, 0.1) is 11.8 Å². The number of carbonyl (C=O) groups is 2. The quantitative estimate of drug-likeness (QED) is 0.312. The van der Waals surface area contributed by atoms with Crippen LogP contribution in [0.2, 0.25) is 0 Å². The second-order valence-electron chi connectivity index (χ2n) is 6.01. The van der Waals surface area contributed by atoms with Gasteiger partial charge in [-0.05, 0) is 18.8 Å². The first-order chi connectivity index (χ1) is 10.0. The number of hydrogen-bond donors (Lipinski definition) is 0. The van der Waals surface area contributed by atoms with Gasteiger partial charge in [0.05, 0.1) is 12.3 Å². The molecule has 124 valence electrons. The molecule has 0 rings (SSSR count). The Balaban J connectivity index is 3.98. The van der Waals surface area contributed by atoms with Gasteiger partial charge >= 0.3 is 11.9 Å². The molecule has 0 amide bonds. The summed E-state index contributed by atoms with van der Waals surface area (Å²) in [6.45, 7) is 8.22. The summed E-state index contributed by atoms with van der Waals surface area (Å²) in [5.74, 6) is -0.861. The second kappa shape index (κ2) is 12.7. The molecule has 1 atom stereocenters. The molecule has 4 nitrogen and oxygen atoms in total. The van der Waals surface area contributed by atoms with Crippen LogP contribution in [-0.4, -0.2) is 11.9 Å². The third-order valence-electron chi connectivity index (χ3n) is 3.68. The monoisotopic (exact) mass is 300 g/mol. The predicted octanol–water partition coefficient (Wildman–Crippen LogP) is 4.81. The van der Waals surface area contributed by atoms with E-state index < -0.39 is 11.9 Å². The van der Waals surface area contributed by atoms with Gasteiger partial charge in [-0.15, -0.1) is 0 Å². The molecule has 0 fully saturated rings. The zero-order valence-corrected chi connectivity index (χ0v) is 14.2. The average molecular weight is 300 g/mol. The lowest BCUT2D eigenvalue weighted by atomic mass is 9.90. The number of rotatable bonds is 11. The lowest BCUT2D eigenvalue weighted by molar-refractivity contribution is -0.263. The van der Waals surface area contributed by atoms with Crippen LogP contribution in [0.25, 0.3) is 0 Å². The SMILES string of the molecule is CCCCCCC(=O)OOC(=O)C(CCCCC)C(C)C. The Kier molecular flexibility index (Phi) is 12.0. The van der Waals surface area contributed by atoms with Gasteiger partial charge in [0.2, 0.25) is 0 Å². The maximum Gasteiger partial charge on any atom is 0.358 e. The Labute approximate surface area is 129 Å². The van der Waals surface area contributed by atoms with Crippen molar-refractivity contribution in [3.05, 3.63) is 0 Å². The van der Waals surface area contributed by atoms with E-state index in [4.69, 9.17) is 4.89 Å². The summed E-state index contributed by atoms with van der Waals surface area (Å²) in [4.78, 5) is 32.8. The minimum Gasteiger partial charge on any atom is -0.247 e. The summed E-state index contributed by atoms with van der Waals surface area (Å²) in [6.07, 6.45) is 8.35. The molecule has 1 unspecified atom stereocenters. The number of hydrogen-bond acceptors (Lipinski definition) is 4. The molecule has 21 heavy (non-hydrogen) atoms. The Morgan fingerprint density at radius 2 is 1.48 bits per heavy atom. The zero-order valence-electron chi connectivity index (χ0n) is 14.2. The first kappa shape index (κ1) is 19.9. The molecular formula is C17H32O4. The fourth-order valence-electron chi connectivity index (χ4n) is 2.22. The topological polar surface area (TPSA) is 52.6 Å². The molecule has 0 aromatic heterocycles. The van der Waals surface area contributed by atoms with Crippen molar-refractivity contribution in [2.75, 3.05) is 0 Å². The van der Waals surface area contributed by atoms with E-state index in [-0.39, 0.29) is 11.8 Å². The van der Waals surface area contributed by atoms with E-state index in [1.54, 1.807) is 0 Å². The van der Waals surface area contributed by atoms with Crippen LogP contribution < -0.4 is 0 Å². The van der Waals surface area contributed by atoms with Gasteiger partial charge in [0.1, 0.15) is 0 Å². The highest BCUT2D eigenvalue weighted by Gasteiger charge is 2.25. The molecule has 4 heteroatoms. The molecular weight excluding hydrogens is 268 g/mol. The van der Waals surface area contributed by atoms with E-state index >= 15 is 0 Å². The van der Waals surface area contributed by atoms with E-state index in [0.717, 1.165) is 51.4 Å². The second-order valence-corrected chi connectivity index (χ2v) is 6.01. The molecule has 0 spiro atoms. The minimum absolute atomic E-state index is 0.190. The van der Waals surface area contributed by atoms with Gasteiger partial charge in [0.25, 0.3) is 0 Å². The van der Waals surface area contributed by atoms with Crippen LogP contribution in [-0.2, 0) is 19.4 Å². The normalized spacial score (nSPS) is 12.2. The van der Waals surface area contributed by atoms with Crippen molar-refractivity contribution < 1.29 is 19.4 Å². The van der Waals surface area contributed by atoms with Gasteiger partial charge < -0.3 is 0 Å². The molecule has 0 aliphatic heterocycles. The summed E-state index contributed by atoms with van der Waals surface area (Å²) < 4.78 is 0. The summed E-state index contributed by atoms with van der Waals surface area (Å²) in [6, 6.07) is 0. The van der Waals surface area contributed by atoms with Crippen molar-refractivity contribution in [3.8, 4) is 0 Å². The summed E-state index contributed by atoms with van der Waals surface area (Å²) in [5, 5.41) is 0. The molecule has 0 aromatic rings. The van der Waals surface area contributed by atoms with Gasteiger partial charge in [-0.1, -0.05) is 66.2 Å². The first-order valence-electron chi connectivity index (χ1n) is 8.44. The molecule has 0 aromatic carbocycles. The summed E-state index contributed by atoms with van der Waals surface area (Å²) in [5.41, 5.74) is 0. The Morgan fingerprint density at radius 3 is 2.05 bits per heavy atom. The van der Waals surface area contributed by atoms with Crippen molar-refractivity contribution in [2.45, 2.75) is 85.5 Å². The van der Waals surface area contributed by atoms with Gasteiger partial charge in [-0.2, -0.15) is 0 Å². The van der Waals surface area contributed by atoms with Gasteiger partial charge in [0, 0.05) is 0 Å². The predicted molar refractivity (Wildman–Crippen MR) is 83.4 cm³/mol. The molecule has 0 heterocycles. The lowest BCUT2D eigenvalue weighted by Crippen LogP contribution is -2.24. The molecule has 0 bridgehead atoms. The molecule has 0 N–H and O–H groups in total. The van der Waals surface area contributed by atoms with Crippen molar-refractivity contribution >= 4 is 11.9 Å².